The average molecular weight is 145 g/mol. The number of ether oxygens (including phenoxy) is 1. The highest BCUT2D eigenvalue weighted by Gasteiger charge is 1.95. The van der Waals surface area contributed by atoms with Crippen LogP contribution >= 0.6 is 0 Å². The lowest BCUT2D eigenvalue weighted by atomic mass is 10.6. The standard InChI is InChI=1S/C5H7NO4/c1-2-10-5(7)3-4-6(8)9/h3-4H,2H2,1H3. The predicted octanol–water partition coefficient (Wildman–Crippen LogP) is 0.340. The number of nitro groups is 1. The third kappa shape index (κ3) is 4.76. The van der Waals surface area contributed by atoms with Gasteiger partial charge in [0.25, 0.3) is 0 Å². The second-order valence-corrected chi connectivity index (χ2v) is 1.35. The summed E-state index contributed by atoms with van der Waals surface area (Å²) in [6.07, 6.45) is 1.31. The number of hydrogen-bond acceptors (Lipinski definition) is 4. The first kappa shape index (κ1) is 8.61. The summed E-state index contributed by atoms with van der Waals surface area (Å²) in [4.78, 5) is 19.2. The van der Waals surface area contributed by atoms with Crippen molar-refractivity contribution in [1.29, 1.82) is 0 Å². The molecule has 0 aliphatic carbocycles. The van der Waals surface area contributed by atoms with Crippen molar-refractivity contribution in [2.45, 2.75) is 6.92 Å². The Labute approximate surface area is 57.4 Å². The molecule has 0 bridgehead atoms. The monoisotopic (exact) mass is 145 g/mol. The normalized spacial score (nSPS) is 9.70. The first-order chi connectivity index (χ1) is 4.66. The molecule has 0 radical (unpaired) electrons. The first-order valence-electron chi connectivity index (χ1n) is 2.65. The van der Waals surface area contributed by atoms with Crippen molar-refractivity contribution >= 4 is 5.97 Å². The Morgan fingerprint density at radius 3 is 2.80 bits per heavy atom. The van der Waals surface area contributed by atoms with Gasteiger partial charge in [-0.2, -0.15) is 0 Å². The van der Waals surface area contributed by atoms with Gasteiger partial charge in [0.1, 0.15) is 0 Å². The summed E-state index contributed by atoms with van der Waals surface area (Å²) < 4.78 is 4.36. The van der Waals surface area contributed by atoms with Gasteiger partial charge in [0, 0.05) is 0 Å². The number of carbonyl (C=O) groups excluding carboxylic acids is 1. The second-order valence-electron chi connectivity index (χ2n) is 1.35. The van der Waals surface area contributed by atoms with Crippen molar-refractivity contribution in [3.8, 4) is 0 Å². The van der Waals surface area contributed by atoms with Crippen LogP contribution in [-0.4, -0.2) is 17.5 Å². The van der Waals surface area contributed by atoms with E-state index in [4.69, 9.17) is 0 Å². The van der Waals surface area contributed by atoms with E-state index in [0.717, 1.165) is 6.08 Å². The molecule has 0 aromatic rings. The number of esters is 1. The summed E-state index contributed by atoms with van der Waals surface area (Å²) in [6, 6.07) is 0. The lowest BCUT2D eigenvalue weighted by Gasteiger charge is -1.91. The summed E-state index contributed by atoms with van der Waals surface area (Å²) in [6.45, 7) is 1.85. The van der Waals surface area contributed by atoms with Gasteiger partial charge in [0.15, 0.2) is 0 Å². The molecule has 0 atom stereocenters. The van der Waals surface area contributed by atoms with Gasteiger partial charge < -0.3 is 4.74 Å². The quantitative estimate of drug-likeness (QED) is 0.248. The molecule has 0 aliphatic rings. The van der Waals surface area contributed by atoms with Crippen molar-refractivity contribution in [3.63, 3.8) is 0 Å². The molecule has 0 aromatic heterocycles. The molecular weight excluding hydrogens is 138 g/mol. The zero-order valence-corrected chi connectivity index (χ0v) is 5.44. The van der Waals surface area contributed by atoms with E-state index in [0.29, 0.717) is 6.20 Å². The molecule has 0 amide bonds. The molecule has 5 heteroatoms. The van der Waals surface area contributed by atoms with Crippen LogP contribution in [0.15, 0.2) is 12.3 Å². The minimum absolute atomic E-state index is 0.223. The molecule has 0 aliphatic heterocycles. The molecule has 0 saturated carbocycles. The van der Waals surface area contributed by atoms with Crippen LogP contribution < -0.4 is 0 Å². The van der Waals surface area contributed by atoms with Crippen molar-refractivity contribution in [1.82, 2.24) is 0 Å². The maximum Gasteiger partial charge on any atom is 0.337 e. The SMILES string of the molecule is CCOC(=O)C=C[N+](=O)[O-]. The molecule has 0 fully saturated rings. The van der Waals surface area contributed by atoms with Gasteiger partial charge >= 0.3 is 5.97 Å². The maximum absolute atomic E-state index is 10.3. The minimum atomic E-state index is -0.725. The van der Waals surface area contributed by atoms with E-state index in [9.17, 15) is 14.9 Å². The Kier molecular flexibility index (Phi) is 3.86. The summed E-state index contributed by atoms with van der Waals surface area (Å²) in [7, 11) is 0. The minimum Gasteiger partial charge on any atom is -0.463 e. The van der Waals surface area contributed by atoms with Crippen LogP contribution in [-0.2, 0) is 9.53 Å². The average Bonchev–Trinajstić information content (AvgIpc) is 1.85. The van der Waals surface area contributed by atoms with Gasteiger partial charge in [-0.05, 0) is 6.92 Å². The molecule has 0 N–H and O–H groups in total. The summed E-state index contributed by atoms with van der Waals surface area (Å²) in [5.74, 6) is -0.695. The molecule has 0 unspecified atom stereocenters. The summed E-state index contributed by atoms with van der Waals surface area (Å²) in [5, 5.41) is 9.62. The fourth-order valence-electron chi connectivity index (χ4n) is 0.312. The highest BCUT2D eigenvalue weighted by atomic mass is 16.6. The van der Waals surface area contributed by atoms with Crippen molar-refractivity contribution in [2.24, 2.45) is 0 Å². The van der Waals surface area contributed by atoms with E-state index < -0.39 is 10.9 Å². The third-order valence-electron chi connectivity index (χ3n) is 0.619. The second kappa shape index (κ2) is 4.49. The van der Waals surface area contributed by atoms with Crippen molar-refractivity contribution in [3.05, 3.63) is 22.4 Å². The van der Waals surface area contributed by atoms with Gasteiger partial charge in [-0.25, -0.2) is 4.79 Å². The largest absolute Gasteiger partial charge is 0.463 e. The van der Waals surface area contributed by atoms with Crippen LogP contribution in [0.4, 0.5) is 0 Å². The lowest BCUT2D eigenvalue weighted by molar-refractivity contribution is -0.402. The molecule has 0 rings (SSSR count). The maximum atomic E-state index is 10.3. The summed E-state index contributed by atoms with van der Waals surface area (Å²) in [5.41, 5.74) is 0. The van der Waals surface area contributed by atoms with Crippen LogP contribution in [0, 0.1) is 10.1 Å². The van der Waals surface area contributed by atoms with Crippen LogP contribution in [0.5, 0.6) is 0 Å². The molecule has 0 spiro atoms. The predicted molar refractivity (Wildman–Crippen MR) is 32.8 cm³/mol. The molecule has 10 heavy (non-hydrogen) atoms. The lowest BCUT2D eigenvalue weighted by Crippen LogP contribution is -2.00. The van der Waals surface area contributed by atoms with Crippen molar-refractivity contribution in [2.75, 3.05) is 6.61 Å². The van der Waals surface area contributed by atoms with Gasteiger partial charge in [-0.1, -0.05) is 0 Å². The third-order valence-corrected chi connectivity index (χ3v) is 0.619. The Balaban J connectivity index is 3.67. The van der Waals surface area contributed by atoms with E-state index in [1.807, 2.05) is 0 Å². The Morgan fingerprint density at radius 2 is 2.40 bits per heavy atom. The number of nitrogens with zero attached hydrogens (tertiary/aromatic N) is 1. The van der Waals surface area contributed by atoms with Gasteiger partial charge in [0.05, 0.1) is 17.6 Å². The molecule has 0 saturated heterocycles. The molecular formula is C5H7NO4. The van der Waals surface area contributed by atoms with Crippen LogP contribution in [0.2, 0.25) is 0 Å². The highest BCUT2D eigenvalue weighted by molar-refractivity contribution is 5.81. The van der Waals surface area contributed by atoms with Crippen LogP contribution in [0.1, 0.15) is 6.92 Å². The number of carbonyl (C=O) groups is 1. The fourth-order valence-corrected chi connectivity index (χ4v) is 0.312. The van der Waals surface area contributed by atoms with Crippen LogP contribution in [0.3, 0.4) is 0 Å². The highest BCUT2D eigenvalue weighted by Crippen LogP contribution is 1.80. The number of hydrogen-bond donors (Lipinski definition) is 0. The first-order valence-corrected chi connectivity index (χ1v) is 2.65. The van der Waals surface area contributed by atoms with E-state index in [2.05, 4.69) is 4.74 Å². The van der Waals surface area contributed by atoms with Crippen LogP contribution in [0.25, 0.3) is 0 Å². The van der Waals surface area contributed by atoms with E-state index in [1.165, 1.54) is 0 Å². The molecule has 5 nitrogen and oxygen atoms in total. The Morgan fingerprint density at radius 1 is 1.80 bits per heavy atom. The Bertz CT molecular complexity index is 163. The van der Waals surface area contributed by atoms with E-state index in [1.54, 1.807) is 6.92 Å². The molecule has 0 aromatic carbocycles. The zero-order valence-electron chi connectivity index (χ0n) is 5.44. The topological polar surface area (TPSA) is 69.4 Å². The molecule has 56 valence electrons. The van der Waals surface area contributed by atoms with Gasteiger partial charge in [-0.3, -0.25) is 10.1 Å². The summed E-state index contributed by atoms with van der Waals surface area (Å²) >= 11 is 0. The van der Waals surface area contributed by atoms with Gasteiger partial charge in [-0.15, -0.1) is 0 Å². The fraction of sp³-hybridized carbons (Fsp3) is 0.400. The Hall–Kier alpha value is -1.39. The number of rotatable bonds is 3. The van der Waals surface area contributed by atoms with E-state index >= 15 is 0 Å². The molecule has 0 heterocycles. The van der Waals surface area contributed by atoms with Crippen molar-refractivity contribution < 1.29 is 14.5 Å². The van der Waals surface area contributed by atoms with Gasteiger partial charge in [0.2, 0.25) is 6.20 Å². The van der Waals surface area contributed by atoms with E-state index in [-0.39, 0.29) is 6.61 Å². The zero-order chi connectivity index (χ0) is 7.98. The smallest absolute Gasteiger partial charge is 0.337 e.